The molecular weight excluding hydrogens is 568 g/mol. The Hall–Kier alpha value is -5.64. The van der Waals surface area contributed by atoms with Crippen molar-refractivity contribution in [2.75, 3.05) is 0 Å². The maximum absolute atomic E-state index is 14.3. The highest BCUT2D eigenvalue weighted by atomic mass is 16.3. The maximum Gasteiger partial charge on any atom is 0.201 e. The molecule has 0 radical (unpaired) electrons. The van der Waals surface area contributed by atoms with Crippen molar-refractivity contribution in [3.8, 4) is 46.0 Å². The van der Waals surface area contributed by atoms with Crippen LogP contribution in [0.2, 0.25) is 0 Å². The zero-order chi connectivity index (χ0) is 31.6. The molecule has 0 bridgehead atoms. The molecule has 0 heterocycles. The van der Waals surface area contributed by atoms with Crippen LogP contribution < -0.4 is 10.9 Å². The van der Waals surface area contributed by atoms with Gasteiger partial charge in [0.2, 0.25) is 10.9 Å². The van der Waals surface area contributed by atoms with Gasteiger partial charge in [-0.05, 0) is 11.8 Å². The lowest BCUT2D eigenvalue weighted by Gasteiger charge is -2.26. The number of aromatic hydroxyl groups is 8. The van der Waals surface area contributed by atoms with Crippen LogP contribution >= 0.6 is 0 Å². The van der Waals surface area contributed by atoms with Crippen molar-refractivity contribution in [1.82, 2.24) is 0 Å². The highest BCUT2D eigenvalue weighted by Crippen LogP contribution is 2.60. The second kappa shape index (κ2) is 7.65. The average molecular weight is 593 g/mol. The Morgan fingerprint density at radius 3 is 0.932 bits per heavy atom. The number of rotatable bonds is 2. The van der Waals surface area contributed by atoms with Crippen LogP contribution in [0.3, 0.4) is 0 Å². The quantitative estimate of drug-likeness (QED) is 0.0855. The smallest absolute Gasteiger partial charge is 0.201 e. The monoisotopic (exact) mass is 592 g/mol. The molecule has 220 valence electrons. The van der Waals surface area contributed by atoms with E-state index in [1.165, 1.54) is 0 Å². The van der Waals surface area contributed by atoms with E-state index >= 15 is 0 Å². The van der Waals surface area contributed by atoms with Crippen molar-refractivity contribution < 1.29 is 40.9 Å². The molecule has 0 fully saturated rings. The van der Waals surface area contributed by atoms with Gasteiger partial charge in [-0.1, -0.05) is 27.7 Å². The number of hydrogen-bond donors (Lipinski definition) is 8. The maximum atomic E-state index is 14.3. The topological polar surface area (TPSA) is 196 Å². The standard InChI is InChI=1S/C34H24O10/c1-7(2)13-29(39)25-23-21-19-15(9(35)5-11(37)17(19)33(43)27(23)31(13)41)16-10(36)6-12(38)18-20(16)22(21)24-26(25)30(40)14(8(3)4)32(42)28(24)34(18)44/h5-8,35-42H,1-4H3. The summed E-state index contributed by atoms with van der Waals surface area (Å²) in [6, 6.07) is 1.84. The van der Waals surface area contributed by atoms with Crippen LogP contribution in [-0.2, 0) is 0 Å². The first-order valence-electron chi connectivity index (χ1n) is 14.0. The number of hydrogen-bond acceptors (Lipinski definition) is 10. The minimum Gasteiger partial charge on any atom is -0.507 e. The van der Waals surface area contributed by atoms with Crippen molar-refractivity contribution >= 4 is 75.4 Å². The van der Waals surface area contributed by atoms with Gasteiger partial charge in [-0.3, -0.25) is 9.59 Å². The summed E-state index contributed by atoms with van der Waals surface area (Å²) >= 11 is 0. The molecule has 0 atom stereocenters. The summed E-state index contributed by atoms with van der Waals surface area (Å²) in [5.74, 6) is -5.45. The van der Waals surface area contributed by atoms with Gasteiger partial charge in [-0.25, -0.2) is 0 Å². The Bertz CT molecular complexity index is 2540. The lowest BCUT2D eigenvalue weighted by atomic mass is 9.77. The highest BCUT2D eigenvalue weighted by molar-refractivity contribution is 6.51. The van der Waals surface area contributed by atoms with Crippen LogP contribution in [0.1, 0.15) is 50.7 Å². The van der Waals surface area contributed by atoms with E-state index in [9.17, 15) is 50.4 Å². The molecule has 0 aliphatic heterocycles. The SMILES string of the molecule is CC(C)c1c(O)c2c(=O)c3c(O)cc(O)c4c5c(O)cc(O)c6c(=O)c7c(O)c(C(C)C)c(O)c8c(c1O)c2c(c34)c(c65)c78. The summed E-state index contributed by atoms with van der Waals surface area (Å²) in [5.41, 5.74) is -1.70. The van der Waals surface area contributed by atoms with Gasteiger partial charge in [-0.15, -0.1) is 0 Å². The first-order chi connectivity index (χ1) is 20.7. The molecule has 0 unspecified atom stereocenters. The normalized spacial score (nSPS) is 13.0. The van der Waals surface area contributed by atoms with E-state index in [-0.39, 0.29) is 86.5 Å². The number of phenols is 8. The van der Waals surface area contributed by atoms with Crippen molar-refractivity contribution in [3.63, 3.8) is 0 Å². The van der Waals surface area contributed by atoms with Crippen molar-refractivity contribution in [2.45, 2.75) is 39.5 Å². The molecule has 10 heteroatoms. The Labute approximate surface area is 245 Å². The summed E-state index contributed by atoms with van der Waals surface area (Å²) in [4.78, 5) is 28.6. The first-order valence-corrected chi connectivity index (χ1v) is 14.0. The molecule has 8 rings (SSSR count). The lowest BCUT2D eigenvalue weighted by Crippen LogP contribution is -2.11. The second-order valence-corrected chi connectivity index (χ2v) is 12.3. The van der Waals surface area contributed by atoms with Crippen LogP contribution in [0.4, 0.5) is 0 Å². The van der Waals surface area contributed by atoms with Gasteiger partial charge in [0.1, 0.15) is 46.0 Å². The minimum absolute atomic E-state index is 0.0141. The zero-order valence-electron chi connectivity index (χ0n) is 23.7. The van der Waals surface area contributed by atoms with Crippen molar-refractivity contribution in [3.05, 3.63) is 43.7 Å². The summed E-state index contributed by atoms with van der Waals surface area (Å²) in [7, 11) is 0. The largest absolute Gasteiger partial charge is 0.507 e. The fourth-order valence-electron chi connectivity index (χ4n) is 7.79. The van der Waals surface area contributed by atoms with Gasteiger partial charge in [0, 0.05) is 77.1 Å². The minimum atomic E-state index is -0.835. The third kappa shape index (κ3) is 2.52. The Balaban J connectivity index is 2.00. The molecule has 0 aliphatic carbocycles. The molecule has 0 saturated heterocycles. The predicted molar refractivity (Wildman–Crippen MR) is 168 cm³/mol. The van der Waals surface area contributed by atoms with Gasteiger partial charge in [0.25, 0.3) is 0 Å². The third-order valence-electron chi connectivity index (χ3n) is 9.35. The number of fused-ring (bicyclic) bond motifs is 2. The van der Waals surface area contributed by atoms with E-state index in [0.29, 0.717) is 0 Å². The zero-order valence-corrected chi connectivity index (χ0v) is 23.7. The molecule has 8 aromatic rings. The Morgan fingerprint density at radius 2 is 0.614 bits per heavy atom. The van der Waals surface area contributed by atoms with E-state index < -0.39 is 68.7 Å². The molecule has 0 aromatic heterocycles. The van der Waals surface area contributed by atoms with Crippen LogP contribution in [0, 0.1) is 0 Å². The van der Waals surface area contributed by atoms with Crippen LogP contribution in [0.15, 0.2) is 21.7 Å². The summed E-state index contributed by atoms with van der Waals surface area (Å²) in [5, 5.41) is 90.0. The van der Waals surface area contributed by atoms with Gasteiger partial charge >= 0.3 is 0 Å². The van der Waals surface area contributed by atoms with Crippen LogP contribution in [0.5, 0.6) is 46.0 Å². The molecule has 8 aromatic carbocycles. The first kappa shape index (κ1) is 26.0. The van der Waals surface area contributed by atoms with Crippen LogP contribution in [-0.4, -0.2) is 40.9 Å². The van der Waals surface area contributed by atoms with E-state index in [1.807, 2.05) is 0 Å². The summed E-state index contributed by atoms with van der Waals surface area (Å²) in [6.45, 7) is 6.72. The molecule has 0 aliphatic rings. The third-order valence-corrected chi connectivity index (χ3v) is 9.35. The molecule has 0 spiro atoms. The fourth-order valence-corrected chi connectivity index (χ4v) is 7.79. The Kier molecular flexibility index (Phi) is 4.52. The van der Waals surface area contributed by atoms with E-state index in [2.05, 4.69) is 0 Å². The number of phenolic OH excluding ortho intramolecular Hbond substituents is 8. The average Bonchev–Trinajstić information content (AvgIpc) is 2.91. The van der Waals surface area contributed by atoms with Crippen LogP contribution in [0.25, 0.3) is 75.4 Å². The lowest BCUT2D eigenvalue weighted by molar-refractivity contribution is 0.438. The van der Waals surface area contributed by atoms with Gasteiger partial charge in [-0.2, -0.15) is 0 Å². The van der Waals surface area contributed by atoms with E-state index in [1.54, 1.807) is 27.7 Å². The van der Waals surface area contributed by atoms with Crippen molar-refractivity contribution in [1.29, 1.82) is 0 Å². The second-order valence-electron chi connectivity index (χ2n) is 12.3. The fraction of sp³-hybridized carbons (Fsp3) is 0.176. The molecule has 0 amide bonds. The van der Waals surface area contributed by atoms with Gasteiger partial charge in [0.15, 0.2) is 0 Å². The molecule has 44 heavy (non-hydrogen) atoms. The predicted octanol–water partition coefficient (Wildman–Crippen LogP) is 6.12. The van der Waals surface area contributed by atoms with Crippen molar-refractivity contribution in [2.24, 2.45) is 0 Å². The Morgan fingerprint density at radius 1 is 0.364 bits per heavy atom. The summed E-state index contributed by atoms with van der Waals surface area (Å²) < 4.78 is 0. The molecule has 8 N–H and O–H groups in total. The molecular formula is C34H24O10. The van der Waals surface area contributed by atoms with E-state index in [4.69, 9.17) is 0 Å². The molecule has 10 nitrogen and oxygen atoms in total. The van der Waals surface area contributed by atoms with Gasteiger partial charge in [0.05, 0.1) is 21.5 Å². The van der Waals surface area contributed by atoms with Gasteiger partial charge < -0.3 is 40.9 Å². The number of benzene rings is 8. The molecule has 0 saturated carbocycles. The van der Waals surface area contributed by atoms with E-state index in [0.717, 1.165) is 12.1 Å². The highest BCUT2D eigenvalue weighted by Gasteiger charge is 2.36. The summed E-state index contributed by atoms with van der Waals surface area (Å²) in [6.07, 6.45) is 0.